The number of nitrogens with zero attached hydrogens (tertiary/aromatic N) is 4. The highest BCUT2D eigenvalue weighted by atomic mass is 127. The maximum atomic E-state index is 12.0. The molecule has 3 rings (SSSR count). The maximum absolute atomic E-state index is 12.0. The highest BCUT2D eigenvalue weighted by Gasteiger charge is 2.27. The quantitative estimate of drug-likeness (QED) is 0.338. The molecule has 1 saturated heterocycles. The summed E-state index contributed by atoms with van der Waals surface area (Å²) in [5.74, 6) is 0.794. The first-order chi connectivity index (χ1) is 14.2. The number of halogens is 2. The molecule has 1 unspecified atom stereocenters. The van der Waals surface area contributed by atoms with Crippen LogP contribution in [0.1, 0.15) is 32.8 Å². The molecule has 1 atom stereocenters. The minimum Gasteiger partial charge on any atom is -0.444 e. The highest BCUT2D eigenvalue weighted by Crippen LogP contribution is 2.14. The van der Waals surface area contributed by atoms with Crippen molar-refractivity contribution in [3.8, 4) is 5.69 Å². The van der Waals surface area contributed by atoms with Crippen molar-refractivity contribution in [1.29, 1.82) is 0 Å². The van der Waals surface area contributed by atoms with Gasteiger partial charge in [-0.2, -0.15) is 5.10 Å². The van der Waals surface area contributed by atoms with Gasteiger partial charge in [-0.15, -0.1) is 24.0 Å². The number of nitrogens with one attached hydrogen (secondary N) is 2. The van der Waals surface area contributed by atoms with Crippen LogP contribution in [-0.2, 0) is 11.3 Å². The molecule has 1 aromatic carbocycles. The lowest BCUT2D eigenvalue weighted by molar-refractivity contribution is 0.0507. The lowest BCUT2D eigenvalue weighted by Crippen LogP contribution is -2.44. The Kier molecular flexibility index (Phi) is 8.99. The number of carbonyl (C=O) groups excluding carboxylic acids is 1. The predicted octanol–water partition coefficient (Wildman–Crippen LogP) is 3.82. The third kappa shape index (κ3) is 7.57. The van der Waals surface area contributed by atoms with Crippen molar-refractivity contribution in [3.63, 3.8) is 0 Å². The summed E-state index contributed by atoms with van der Waals surface area (Å²) < 4.78 is 7.15. The second-order valence-corrected chi connectivity index (χ2v) is 8.68. The summed E-state index contributed by atoms with van der Waals surface area (Å²) in [7, 11) is 1.76. The molecule has 1 amide bonds. The number of likely N-dealkylation sites (tertiary alicyclic amines) is 1. The second-order valence-electron chi connectivity index (χ2n) is 8.25. The molecular weight excluding hydrogens is 531 g/mol. The minimum atomic E-state index is -0.504. The third-order valence-electron chi connectivity index (χ3n) is 4.60. The van der Waals surface area contributed by atoms with E-state index in [4.69, 9.17) is 16.3 Å². The molecule has 10 heteroatoms. The van der Waals surface area contributed by atoms with E-state index in [2.05, 4.69) is 25.6 Å². The van der Waals surface area contributed by atoms with Crippen molar-refractivity contribution < 1.29 is 9.53 Å². The van der Waals surface area contributed by atoms with Crippen molar-refractivity contribution in [1.82, 2.24) is 25.3 Å². The number of aromatic nitrogens is 2. The van der Waals surface area contributed by atoms with Gasteiger partial charge in [0.1, 0.15) is 5.60 Å². The number of rotatable bonds is 4. The first-order valence-electron chi connectivity index (χ1n) is 9.98. The first kappa shape index (κ1) is 25.3. The number of guanidine groups is 1. The Bertz CT molecular complexity index is 894. The molecule has 1 aromatic heterocycles. The summed E-state index contributed by atoms with van der Waals surface area (Å²) in [5.41, 5.74) is 1.48. The number of carbonyl (C=O) groups is 1. The molecule has 1 aliphatic heterocycles. The highest BCUT2D eigenvalue weighted by molar-refractivity contribution is 14.0. The van der Waals surface area contributed by atoms with Crippen LogP contribution in [0.15, 0.2) is 41.7 Å². The number of hydrogen-bond acceptors (Lipinski definition) is 4. The molecule has 31 heavy (non-hydrogen) atoms. The van der Waals surface area contributed by atoms with Crippen LogP contribution in [0.4, 0.5) is 4.79 Å². The molecule has 0 spiro atoms. The standard InChI is InChI=1S/C21H29ClN6O2.HI/c1-21(2,3)30-20(29)26-17-9-10-27(14-17)19(23-4)24-11-15-12-25-28(13-15)18-7-5-16(22)6-8-18;/h5-8,12-13,17H,9-11,14H2,1-4H3,(H,23,24)(H,26,29);1H. The van der Waals surface area contributed by atoms with Gasteiger partial charge < -0.3 is 20.3 Å². The molecule has 2 aromatic rings. The van der Waals surface area contributed by atoms with Crippen molar-refractivity contribution in [2.24, 2.45) is 4.99 Å². The van der Waals surface area contributed by atoms with Gasteiger partial charge in [0, 0.05) is 43.5 Å². The Balaban J connectivity index is 0.00000341. The van der Waals surface area contributed by atoms with Gasteiger partial charge in [0.05, 0.1) is 17.9 Å². The SMILES string of the molecule is CN=C(NCc1cnn(-c2ccc(Cl)cc2)c1)N1CCC(NC(=O)OC(C)(C)C)C1.I. The van der Waals surface area contributed by atoms with E-state index < -0.39 is 5.60 Å². The Morgan fingerprint density at radius 1 is 1.32 bits per heavy atom. The smallest absolute Gasteiger partial charge is 0.407 e. The fourth-order valence-electron chi connectivity index (χ4n) is 3.24. The fourth-order valence-corrected chi connectivity index (χ4v) is 3.37. The van der Waals surface area contributed by atoms with Crippen LogP contribution in [0, 0.1) is 0 Å². The molecule has 2 N–H and O–H groups in total. The van der Waals surface area contributed by atoms with Crippen molar-refractivity contribution in [3.05, 3.63) is 47.2 Å². The van der Waals surface area contributed by atoms with Crippen molar-refractivity contribution in [2.75, 3.05) is 20.1 Å². The summed E-state index contributed by atoms with van der Waals surface area (Å²) in [6.45, 7) is 7.66. The van der Waals surface area contributed by atoms with Gasteiger partial charge in [-0.05, 0) is 51.5 Å². The summed E-state index contributed by atoms with van der Waals surface area (Å²) in [6, 6.07) is 7.56. The van der Waals surface area contributed by atoms with E-state index in [1.807, 2.05) is 62.1 Å². The van der Waals surface area contributed by atoms with Crippen LogP contribution in [0.5, 0.6) is 0 Å². The number of alkyl carbamates (subject to hydrolysis) is 1. The Labute approximate surface area is 205 Å². The van der Waals surface area contributed by atoms with E-state index in [1.165, 1.54) is 0 Å². The van der Waals surface area contributed by atoms with Crippen LogP contribution in [0.2, 0.25) is 5.02 Å². The zero-order chi connectivity index (χ0) is 21.7. The second kappa shape index (κ2) is 11.0. The summed E-state index contributed by atoms with van der Waals surface area (Å²) >= 11 is 5.95. The number of amides is 1. The summed E-state index contributed by atoms with van der Waals surface area (Å²) in [6.07, 6.45) is 4.26. The van der Waals surface area contributed by atoms with E-state index in [0.29, 0.717) is 18.1 Å². The Morgan fingerprint density at radius 3 is 2.68 bits per heavy atom. The summed E-state index contributed by atoms with van der Waals surface area (Å²) in [5, 5.41) is 11.4. The van der Waals surface area contributed by atoms with Gasteiger partial charge >= 0.3 is 6.09 Å². The van der Waals surface area contributed by atoms with Crippen LogP contribution >= 0.6 is 35.6 Å². The minimum absolute atomic E-state index is 0. The van der Waals surface area contributed by atoms with Crippen LogP contribution in [0.25, 0.3) is 5.69 Å². The van der Waals surface area contributed by atoms with Gasteiger partial charge in [-0.25, -0.2) is 9.48 Å². The first-order valence-corrected chi connectivity index (χ1v) is 10.4. The van der Waals surface area contributed by atoms with E-state index >= 15 is 0 Å². The van der Waals surface area contributed by atoms with Gasteiger partial charge in [-0.1, -0.05) is 11.6 Å². The molecule has 8 nitrogen and oxygen atoms in total. The maximum Gasteiger partial charge on any atom is 0.407 e. The summed E-state index contributed by atoms with van der Waals surface area (Å²) in [4.78, 5) is 18.5. The molecule has 1 fully saturated rings. The van der Waals surface area contributed by atoms with E-state index in [1.54, 1.807) is 7.05 Å². The molecule has 170 valence electrons. The molecule has 0 aliphatic carbocycles. The van der Waals surface area contributed by atoms with Gasteiger partial charge in [-0.3, -0.25) is 4.99 Å². The lowest BCUT2D eigenvalue weighted by Gasteiger charge is -2.23. The van der Waals surface area contributed by atoms with Gasteiger partial charge in [0.25, 0.3) is 0 Å². The molecule has 0 saturated carbocycles. The lowest BCUT2D eigenvalue weighted by atomic mass is 10.2. The normalized spacial score (nSPS) is 16.6. The predicted molar refractivity (Wildman–Crippen MR) is 134 cm³/mol. The molecule has 2 heterocycles. The number of aliphatic imine (C=N–C) groups is 1. The van der Waals surface area contributed by atoms with E-state index in [-0.39, 0.29) is 36.1 Å². The van der Waals surface area contributed by atoms with Crippen molar-refractivity contribution in [2.45, 2.75) is 45.4 Å². The number of hydrogen-bond donors (Lipinski definition) is 2. The van der Waals surface area contributed by atoms with E-state index in [9.17, 15) is 4.79 Å². The van der Waals surface area contributed by atoms with Crippen LogP contribution in [-0.4, -0.2) is 58.5 Å². The average molecular weight is 561 g/mol. The monoisotopic (exact) mass is 560 g/mol. The molecule has 1 aliphatic rings. The molecule has 0 radical (unpaired) electrons. The largest absolute Gasteiger partial charge is 0.444 e. The average Bonchev–Trinajstić information content (AvgIpc) is 3.31. The van der Waals surface area contributed by atoms with Crippen molar-refractivity contribution >= 4 is 47.6 Å². The fraction of sp³-hybridized carbons (Fsp3) is 0.476. The van der Waals surface area contributed by atoms with Gasteiger partial charge in [0.2, 0.25) is 0 Å². The van der Waals surface area contributed by atoms with E-state index in [0.717, 1.165) is 30.2 Å². The van der Waals surface area contributed by atoms with Gasteiger partial charge in [0.15, 0.2) is 5.96 Å². The Morgan fingerprint density at radius 2 is 2.03 bits per heavy atom. The zero-order valence-electron chi connectivity index (χ0n) is 18.3. The third-order valence-corrected chi connectivity index (χ3v) is 4.85. The zero-order valence-corrected chi connectivity index (χ0v) is 21.3. The number of ether oxygens (including phenoxy) is 1. The topological polar surface area (TPSA) is 83.8 Å². The number of benzene rings is 1. The van der Waals surface area contributed by atoms with Crippen LogP contribution in [0.3, 0.4) is 0 Å². The molecular formula is C21H30ClIN6O2. The van der Waals surface area contributed by atoms with Crippen LogP contribution < -0.4 is 10.6 Å². The Hall–Kier alpha value is -2.01. The molecule has 0 bridgehead atoms.